The molecule has 4 fully saturated rings. The molecular formula is C36H52N4O5. The molecule has 0 spiro atoms. The van der Waals surface area contributed by atoms with Gasteiger partial charge in [-0.1, -0.05) is 51.1 Å². The molecule has 9 heteroatoms. The molecule has 246 valence electrons. The lowest BCUT2D eigenvalue weighted by Gasteiger charge is -2.62. The second kappa shape index (κ2) is 13.5. The lowest BCUT2D eigenvalue weighted by Crippen LogP contribution is -2.62. The number of hydroxylamine groups is 2. The van der Waals surface area contributed by atoms with Gasteiger partial charge < -0.3 is 25.7 Å². The highest BCUT2D eigenvalue weighted by molar-refractivity contribution is 5.95. The Morgan fingerprint density at radius 1 is 1.09 bits per heavy atom. The number of amides is 2. The van der Waals surface area contributed by atoms with Crippen LogP contribution in [-0.2, 0) is 16.2 Å². The number of carbonyl (C=O) groups excluding carboxylic acids is 2. The Morgan fingerprint density at radius 3 is 2.40 bits per heavy atom. The van der Waals surface area contributed by atoms with Gasteiger partial charge in [0.2, 0.25) is 5.91 Å². The van der Waals surface area contributed by atoms with Gasteiger partial charge in [-0.15, -0.1) is 0 Å². The smallest absolute Gasteiger partial charge is 0.251 e. The minimum Gasteiger partial charge on any atom is -0.394 e. The number of benzene rings is 2. The lowest BCUT2D eigenvalue weighted by atomic mass is 9.45. The number of likely N-dealkylation sites (N-methyl/N-ethyl adjacent to an activating group) is 1. The van der Waals surface area contributed by atoms with Gasteiger partial charge in [0.1, 0.15) is 12.1 Å². The maximum absolute atomic E-state index is 14.0. The third-order valence-corrected chi connectivity index (χ3v) is 10.8. The zero-order valence-corrected chi connectivity index (χ0v) is 27.9. The number of nitrogens with zero attached hydrogens (tertiary/aromatic N) is 2. The Kier molecular flexibility index (Phi) is 10.1. The first-order chi connectivity index (χ1) is 21.3. The molecule has 9 nitrogen and oxygen atoms in total. The number of nitrogens with one attached hydrogen (secondary N) is 2. The summed E-state index contributed by atoms with van der Waals surface area (Å²) in [6.07, 6.45) is 0.645. The number of rotatable bonds is 11. The third-order valence-electron chi connectivity index (χ3n) is 10.8. The van der Waals surface area contributed by atoms with Gasteiger partial charge in [0.05, 0.1) is 19.3 Å². The Morgan fingerprint density at radius 2 is 1.78 bits per heavy atom. The van der Waals surface area contributed by atoms with Gasteiger partial charge >= 0.3 is 0 Å². The van der Waals surface area contributed by atoms with Crippen molar-refractivity contribution in [1.29, 1.82) is 0 Å². The summed E-state index contributed by atoms with van der Waals surface area (Å²) in [7, 11) is 3.96. The highest BCUT2D eigenvalue weighted by Crippen LogP contribution is 2.61. The van der Waals surface area contributed by atoms with E-state index in [1.165, 1.54) is 6.42 Å². The fourth-order valence-corrected chi connectivity index (χ4v) is 8.25. The van der Waals surface area contributed by atoms with Gasteiger partial charge in [-0.2, -0.15) is 5.06 Å². The lowest BCUT2D eigenvalue weighted by molar-refractivity contribution is -0.183. The van der Waals surface area contributed by atoms with Crippen LogP contribution in [0.5, 0.6) is 0 Å². The molecule has 3 saturated carbocycles. The summed E-state index contributed by atoms with van der Waals surface area (Å²) in [6.45, 7) is 11.3. The standard InChI is InChI=1S/C36H52N4O5/c1-21(18-39(6)7)37-34(43)27-13-9-12-26(15-27)25-11-8-10-24(14-25)19-40-33(32(23(3)42)31(20-41)45-40)35(44)38-30-17-28-16-29(22(30)2)36(28,4)5/h8-15,21-23,28-33,41-42H,16-20H2,1-7H3,(H,37,43)(H,38,44)/t21?,22-,23-,28-,29+,30-,31-,32+,33-/m0/s1. The molecule has 1 heterocycles. The van der Waals surface area contributed by atoms with Gasteiger partial charge in [-0.3, -0.25) is 14.4 Å². The van der Waals surface area contributed by atoms with Crippen LogP contribution in [0, 0.1) is 29.1 Å². The molecule has 2 amide bonds. The van der Waals surface area contributed by atoms with E-state index >= 15 is 0 Å². The summed E-state index contributed by atoms with van der Waals surface area (Å²) in [5.74, 6) is 0.706. The van der Waals surface area contributed by atoms with E-state index in [2.05, 4.69) is 31.4 Å². The van der Waals surface area contributed by atoms with Crippen molar-refractivity contribution in [2.75, 3.05) is 27.2 Å². The predicted octanol–water partition coefficient (Wildman–Crippen LogP) is 3.69. The van der Waals surface area contributed by atoms with Gasteiger partial charge in [-0.05, 0) is 98.8 Å². The van der Waals surface area contributed by atoms with Crippen LogP contribution < -0.4 is 10.6 Å². The first-order valence-electron chi connectivity index (χ1n) is 16.5. The van der Waals surface area contributed by atoms with Crippen LogP contribution in [-0.4, -0.2) is 89.6 Å². The van der Waals surface area contributed by atoms with Crippen molar-refractivity contribution < 1.29 is 24.6 Å². The minimum absolute atomic E-state index is 0.0113. The molecule has 3 aliphatic carbocycles. The number of fused-ring (bicyclic) bond motifs is 2. The molecule has 1 unspecified atom stereocenters. The van der Waals surface area contributed by atoms with Crippen molar-refractivity contribution in [2.24, 2.45) is 29.1 Å². The van der Waals surface area contributed by atoms with E-state index in [1.807, 2.05) is 74.4 Å². The Hall–Kier alpha value is -2.82. The second-order valence-corrected chi connectivity index (χ2v) is 14.7. The SMILES string of the molecule is CC(CN(C)C)NC(=O)c1cccc(-c2cccc(CN3O[C@@H](CO)[C@@H]([C@H](C)O)[C@H]3C(=O)N[C@H]3C[C@@H]4C[C@H]([C@@H]3C)C4(C)C)c2)c1. The molecule has 45 heavy (non-hydrogen) atoms. The minimum atomic E-state index is -0.848. The summed E-state index contributed by atoms with van der Waals surface area (Å²) < 4.78 is 0. The van der Waals surface area contributed by atoms with E-state index in [4.69, 9.17) is 4.84 Å². The third kappa shape index (κ3) is 6.98. The first kappa shape index (κ1) is 33.5. The van der Waals surface area contributed by atoms with Crippen LogP contribution in [0.3, 0.4) is 0 Å². The first-order valence-corrected chi connectivity index (χ1v) is 16.5. The van der Waals surface area contributed by atoms with Crippen LogP contribution in [0.2, 0.25) is 0 Å². The van der Waals surface area contributed by atoms with Crippen LogP contribution in [0.1, 0.15) is 63.4 Å². The van der Waals surface area contributed by atoms with Crippen LogP contribution in [0.25, 0.3) is 11.1 Å². The summed E-state index contributed by atoms with van der Waals surface area (Å²) in [4.78, 5) is 35.1. The summed E-state index contributed by atoms with van der Waals surface area (Å²) in [5, 5.41) is 29.0. The largest absolute Gasteiger partial charge is 0.394 e. The highest BCUT2D eigenvalue weighted by Gasteiger charge is 2.57. The van der Waals surface area contributed by atoms with E-state index in [9.17, 15) is 19.8 Å². The molecule has 4 N–H and O–H groups in total. The predicted molar refractivity (Wildman–Crippen MR) is 175 cm³/mol. The molecule has 4 aliphatic rings. The molecule has 0 radical (unpaired) electrons. The van der Waals surface area contributed by atoms with E-state index in [-0.39, 0.29) is 30.5 Å². The second-order valence-electron chi connectivity index (χ2n) is 14.7. The fourth-order valence-electron chi connectivity index (χ4n) is 8.25. The van der Waals surface area contributed by atoms with Crippen LogP contribution >= 0.6 is 0 Å². The van der Waals surface area contributed by atoms with Crippen molar-refractivity contribution in [1.82, 2.24) is 20.6 Å². The van der Waals surface area contributed by atoms with E-state index in [1.54, 1.807) is 12.0 Å². The van der Waals surface area contributed by atoms with Gasteiger partial charge in [-0.25, -0.2) is 0 Å². The Labute approximate surface area is 268 Å². The van der Waals surface area contributed by atoms with Gasteiger partial charge in [0, 0.05) is 30.1 Å². The van der Waals surface area contributed by atoms with E-state index < -0.39 is 24.2 Å². The topological polar surface area (TPSA) is 114 Å². The van der Waals surface area contributed by atoms with Gasteiger partial charge in [0.15, 0.2) is 0 Å². The van der Waals surface area contributed by atoms with Crippen molar-refractivity contribution >= 4 is 11.8 Å². The molecule has 1 saturated heterocycles. The van der Waals surface area contributed by atoms with Crippen LogP contribution in [0.15, 0.2) is 48.5 Å². The van der Waals surface area contributed by atoms with Crippen LogP contribution in [0.4, 0.5) is 0 Å². The van der Waals surface area contributed by atoms with Crippen molar-refractivity contribution in [3.05, 3.63) is 59.7 Å². The maximum atomic E-state index is 14.0. The Bertz CT molecular complexity index is 1360. The Balaban J connectivity index is 1.33. The normalized spacial score (nSPS) is 30.4. The number of hydrogen-bond acceptors (Lipinski definition) is 7. The summed E-state index contributed by atoms with van der Waals surface area (Å²) in [6, 6.07) is 14.9. The molecule has 2 aromatic rings. The number of aliphatic hydroxyl groups is 2. The average molecular weight is 621 g/mol. The maximum Gasteiger partial charge on any atom is 0.251 e. The molecule has 6 rings (SSSR count). The quantitative estimate of drug-likeness (QED) is 0.303. The molecule has 2 bridgehead atoms. The number of carbonyl (C=O) groups is 2. The van der Waals surface area contributed by atoms with E-state index in [0.717, 1.165) is 29.7 Å². The highest BCUT2D eigenvalue weighted by atomic mass is 16.7. The molecule has 2 aromatic carbocycles. The average Bonchev–Trinajstić information content (AvgIpc) is 3.36. The van der Waals surface area contributed by atoms with E-state index in [0.29, 0.717) is 35.3 Å². The summed E-state index contributed by atoms with van der Waals surface area (Å²) >= 11 is 0. The molecule has 9 atom stereocenters. The summed E-state index contributed by atoms with van der Waals surface area (Å²) in [5.41, 5.74) is 3.66. The fraction of sp³-hybridized carbons (Fsp3) is 0.611. The van der Waals surface area contributed by atoms with Crippen molar-refractivity contribution in [3.63, 3.8) is 0 Å². The zero-order valence-electron chi connectivity index (χ0n) is 27.9. The van der Waals surface area contributed by atoms with Crippen molar-refractivity contribution in [3.8, 4) is 11.1 Å². The monoisotopic (exact) mass is 620 g/mol. The van der Waals surface area contributed by atoms with Gasteiger partial charge in [0.25, 0.3) is 5.91 Å². The molecular weight excluding hydrogens is 568 g/mol. The zero-order chi connectivity index (χ0) is 32.6. The molecule has 0 aromatic heterocycles. The molecule has 1 aliphatic heterocycles. The number of hydrogen-bond donors (Lipinski definition) is 4. The number of aliphatic hydroxyl groups excluding tert-OH is 2. The van der Waals surface area contributed by atoms with Crippen molar-refractivity contribution in [2.45, 2.75) is 84.3 Å².